The molecule has 9 nitrogen and oxygen atoms in total. The Morgan fingerprint density at radius 3 is 2.52 bits per heavy atom. The van der Waals surface area contributed by atoms with Crippen molar-refractivity contribution < 1.29 is 23.6 Å². The van der Waals surface area contributed by atoms with Gasteiger partial charge in [0.25, 0.3) is 11.8 Å². The number of furan rings is 1. The zero-order valence-corrected chi connectivity index (χ0v) is 14.3. The van der Waals surface area contributed by atoms with Crippen LogP contribution >= 0.6 is 0 Å². The molecule has 3 rings (SSSR count). The molecule has 0 aliphatic carbocycles. The molecule has 9 heteroatoms. The fourth-order valence-corrected chi connectivity index (χ4v) is 2.53. The van der Waals surface area contributed by atoms with Crippen LogP contribution in [0.25, 0.3) is 0 Å². The highest BCUT2D eigenvalue weighted by Gasteiger charge is 2.29. The smallest absolute Gasteiger partial charge is 0.322 e. The van der Waals surface area contributed by atoms with Crippen LogP contribution in [-0.4, -0.2) is 29.8 Å². The van der Waals surface area contributed by atoms with Gasteiger partial charge < -0.3 is 20.4 Å². The maximum atomic E-state index is 11.9. The maximum Gasteiger partial charge on any atom is 0.322 e. The predicted molar refractivity (Wildman–Crippen MR) is 94.6 cm³/mol. The van der Waals surface area contributed by atoms with Crippen LogP contribution in [0.15, 0.2) is 47.1 Å². The van der Waals surface area contributed by atoms with Crippen LogP contribution in [0.3, 0.4) is 0 Å². The molecule has 1 unspecified atom stereocenters. The lowest BCUT2D eigenvalue weighted by atomic mass is 10.1. The molecule has 2 heterocycles. The van der Waals surface area contributed by atoms with Crippen LogP contribution in [-0.2, 0) is 16.1 Å². The van der Waals surface area contributed by atoms with Gasteiger partial charge in [0.1, 0.15) is 6.04 Å². The Kier molecular flexibility index (Phi) is 5.50. The second kappa shape index (κ2) is 8.17. The molecule has 1 saturated heterocycles. The SMILES string of the molecule is O=C(CCC1NC(=O)NC1=O)NCc1ccc(NC(=O)c2ccco2)cc1. The van der Waals surface area contributed by atoms with Gasteiger partial charge in [0.05, 0.1) is 6.26 Å². The second-order valence-corrected chi connectivity index (χ2v) is 5.96. The number of urea groups is 1. The van der Waals surface area contributed by atoms with Gasteiger partial charge in [0.15, 0.2) is 5.76 Å². The zero-order chi connectivity index (χ0) is 19.2. The molecule has 4 N–H and O–H groups in total. The summed E-state index contributed by atoms with van der Waals surface area (Å²) in [6.07, 6.45) is 1.78. The van der Waals surface area contributed by atoms with E-state index < -0.39 is 18.0 Å². The number of anilines is 1. The third-order valence-corrected chi connectivity index (χ3v) is 3.97. The molecule has 1 aliphatic heterocycles. The van der Waals surface area contributed by atoms with E-state index in [4.69, 9.17) is 4.42 Å². The van der Waals surface area contributed by atoms with Crippen molar-refractivity contribution in [2.75, 3.05) is 5.32 Å². The molecule has 27 heavy (non-hydrogen) atoms. The largest absolute Gasteiger partial charge is 0.459 e. The molecule has 2 aromatic rings. The standard InChI is InChI=1S/C18H18N4O5/c23-15(8-7-13-16(24)22-18(26)21-13)19-10-11-3-5-12(6-4-11)20-17(25)14-2-1-9-27-14/h1-6,9,13H,7-8,10H2,(H,19,23)(H,20,25)(H2,21,22,24,26). The number of carbonyl (C=O) groups is 4. The first-order chi connectivity index (χ1) is 13.0. The molecule has 1 atom stereocenters. The van der Waals surface area contributed by atoms with Gasteiger partial charge in [-0.25, -0.2) is 4.79 Å². The lowest BCUT2D eigenvalue weighted by Crippen LogP contribution is -2.31. The van der Waals surface area contributed by atoms with Gasteiger partial charge in [0.2, 0.25) is 5.91 Å². The van der Waals surface area contributed by atoms with Crippen LogP contribution in [0.2, 0.25) is 0 Å². The van der Waals surface area contributed by atoms with Gasteiger partial charge in [-0.1, -0.05) is 12.1 Å². The Balaban J connectivity index is 1.41. The van der Waals surface area contributed by atoms with E-state index in [2.05, 4.69) is 21.3 Å². The highest BCUT2D eigenvalue weighted by molar-refractivity contribution is 6.04. The fraction of sp³-hybridized carbons (Fsp3) is 0.222. The molecule has 5 amide bonds. The first-order valence-electron chi connectivity index (χ1n) is 8.33. The average Bonchev–Trinajstić information content (AvgIpc) is 3.29. The number of benzene rings is 1. The van der Waals surface area contributed by atoms with Crippen molar-refractivity contribution in [3.8, 4) is 0 Å². The summed E-state index contributed by atoms with van der Waals surface area (Å²) in [5.41, 5.74) is 1.46. The Morgan fingerprint density at radius 1 is 1.11 bits per heavy atom. The van der Waals surface area contributed by atoms with Crippen LogP contribution in [0, 0.1) is 0 Å². The van der Waals surface area contributed by atoms with E-state index in [0.717, 1.165) is 5.56 Å². The van der Waals surface area contributed by atoms with Crippen molar-refractivity contribution in [1.82, 2.24) is 16.0 Å². The third-order valence-electron chi connectivity index (χ3n) is 3.97. The van der Waals surface area contributed by atoms with Crippen molar-refractivity contribution in [2.24, 2.45) is 0 Å². The highest BCUT2D eigenvalue weighted by atomic mass is 16.3. The van der Waals surface area contributed by atoms with Gasteiger partial charge in [-0.05, 0) is 36.2 Å². The van der Waals surface area contributed by atoms with E-state index in [1.807, 2.05) is 0 Å². The van der Waals surface area contributed by atoms with E-state index in [1.165, 1.54) is 6.26 Å². The summed E-state index contributed by atoms with van der Waals surface area (Å²) in [5, 5.41) is 10.0. The molecular weight excluding hydrogens is 352 g/mol. The van der Waals surface area contributed by atoms with Gasteiger partial charge in [-0.15, -0.1) is 0 Å². The zero-order valence-electron chi connectivity index (χ0n) is 14.3. The molecule has 0 radical (unpaired) electrons. The number of imide groups is 1. The monoisotopic (exact) mass is 370 g/mol. The molecule has 1 aromatic carbocycles. The first-order valence-corrected chi connectivity index (χ1v) is 8.33. The molecule has 140 valence electrons. The summed E-state index contributed by atoms with van der Waals surface area (Å²) in [6.45, 7) is 0.314. The van der Waals surface area contributed by atoms with Gasteiger partial charge in [0, 0.05) is 18.7 Å². The van der Waals surface area contributed by atoms with Crippen LogP contribution in [0.5, 0.6) is 0 Å². The quantitative estimate of drug-likeness (QED) is 0.543. The molecular formula is C18H18N4O5. The molecule has 1 fully saturated rings. The number of nitrogens with one attached hydrogen (secondary N) is 4. The summed E-state index contributed by atoms with van der Waals surface area (Å²) < 4.78 is 5.02. The topological polar surface area (TPSA) is 130 Å². The molecule has 0 spiro atoms. The third kappa shape index (κ3) is 4.94. The molecule has 0 bridgehead atoms. The van der Waals surface area contributed by atoms with Crippen molar-refractivity contribution in [3.05, 3.63) is 54.0 Å². The summed E-state index contributed by atoms with van der Waals surface area (Å²) in [7, 11) is 0. The van der Waals surface area contributed by atoms with E-state index in [9.17, 15) is 19.2 Å². The first kappa shape index (κ1) is 18.2. The van der Waals surface area contributed by atoms with E-state index in [-0.39, 0.29) is 30.4 Å². The molecule has 0 saturated carbocycles. The van der Waals surface area contributed by atoms with Gasteiger partial charge in [-0.2, -0.15) is 0 Å². The fourth-order valence-electron chi connectivity index (χ4n) is 2.53. The lowest BCUT2D eigenvalue weighted by Gasteiger charge is -2.09. The second-order valence-electron chi connectivity index (χ2n) is 5.96. The van der Waals surface area contributed by atoms with Crippen molar-refractivity contribution in [1.29, 1.82) is 0 Å². The minimum Gasteiger partial charge on any atom is -0.459 e. The Morgan fingerprint density at radius 2 is 1.89 bits per heavy atom. The highest BCUT2D eigenvalue weighted by Crippen LogP contribution is 2.12. The lowest BCUT2D eigenvalue weighted by molar-refractivity contribution is -0.122. The van der Waals surface area contributed by atoms with Gasteiger partial charge >= 0.3 is 6.03 Å². The summed E-state index contributed by atoms with van der Waals surface area (Å²) in [4.78, 5) is 46.2. The summed E-state index contributed by atoms with van der Waals surface area (Å²) in [6, 6.07) is 9.00. The maximum absolute atomic E-state index is 11.9. The average molecular weight is 370 g/mol. The normalized spacial score (nSPS) is 15.8. The van der Waals surface area contributed by atoms with Crippen molar-refractivity contribution >= 4 is 29.4 Å². The number of hydrogen-bond donors (Lipinski definition) is 4. The minimum atomic E-state index is -0.666. The molecule has 1 aliphatic rings. The van der Waals surface area contributed by atoms with Crippen molar-refractivity contribution in [3.63, 3.8) is 0 Å². The van der Waals surface area contributed by atoms with Crippen LogP contribution < -0.4 is 21.3 Å². The Labute approximate surface area is 154 Å². The number of rotatable bonds is 7. The van der Waals surface area contributed by atoms with E-state index >= 15 is 0 Å². The van der Waals surface area contributed by atoms with E-state index in [0.29, 0.717) is 12.2 Å². The van der Waals surface area contributed by atoms with Crippen LogP contribution in [0.1, 0.15) is 29.0 Å². The van der Waals surface area contributed by atoms with E-state index in [1.54, 1.807) is 36.4 Å². The number of carbonyl (C=O) groups excluding carboxylic acids is 4. The number of hydrogen-bond acceptors (Lipinski definition) is 5. The van der Waals surface area contributed by atoms with Crippen LogP contribution in [0.4, 0.5) is 10.5 Å². The van der Waals surface area contributed by atoms with Crippen molar-refractivity contribution in [2.45, 2.75) is 25.4 Å². The minimum absolute atomic E-state index is 0.121. The molecule has 1 aromatic heterocycles. The van der Waals surface area contributed by atoms with Gasteiger partial charge in [-0.3, -0.25) is 19.7 Å². The Bertz CT molecular complexity index is 845. The number of amides is 5. The summed E-state index contributed by atoms with van der Waals surface area (Å²) >= 11 is 0. The summed E-state index contributed by atoms with van der Waals surface area (Å²) in [5.74, 6) is -0.762. The predicted octanol–water partition coefficient (Wildman–Crippen LogP) is 1.14. The Hall–Kier alpha value is -3.62.